The van der Waals surface area contributed by atoms with Gasteiger partial charge in [0.15, 0.2) is 0 Å². The molecule has 1 aliphatic heterocycles. The first-order valence-corrected chi connectivity index (χ1v) is 7.83. The monoisotopic (exact) mass is 300 g/mol. The van der Waals surface area contributed by atoms with E-state index in [1.807, 2.05) is 12.1 Å². The van der Waals surface area contributed by atoms with E-state index in [0.717, 1.165) is 23.7 Å². The van der Waals surface area contributed by atoms with Crippen molar-refractivity contribution in [1.29, 1.82) is 0 Å². The molecule has 0 amide bonds. The van der Waals surface area contributed by atoms with E-state index in [2.05, 4.69) is 17.1 Å². The summed E-state index contributed by atoms with van der Waals surface area (Å²) in [4.78, 5) is 2.53. The Morgan fingerprint density at radius 2 is 1.95 bits per heavy atom. The molecule has 2 rings (SSSR count). The zero-order valence-electron chi connectivity index (χ0n) is 11.5. The molecule has 19 heavy (non-hydrogen) atoms. The summed E-state index contributed by atoms with van der Waals surface area (Å²) in [6.45, 7) is 6.76. The van der Waals surface area contributed by atoms with Gasteiger partial charge in [-0.3, -0.25) is 0 Å². The Hall–Kier alpha value is -0.280. The molecule has 0 radical (unpaired) electrons. The largest absolute Gasteiger partial charge is 0.309 e. The lowest BCUT2D eigenvalue weighted by molar-refractivity contribution is 0.227. The van der Waals surface area contributed by atoms with Crippen LogP contribution in [0.1, 0.15) is 37.8 Å². The minimum Gasteiger partial charge on any atom is -0.309 e. The summed E-state index contributed by atoms with van der Waals surface area (Å²) < 4.78 is 0. The Morgan fingerprint density at radius 3 is 2.63 bits per heavy atom. The SMILES string of the molecule is CC(NCCN1CCCCC1)c1ccc(Cl)cc1Cl. The van der Waals surface area contributed by atoms with E-state index < -0.39 is 0 Å². The average Bonchev–Trinajstić information content (AvgIpc) is 2.39. The molecule has 1 aliphatic rings. The molecule has 4 heteroatoms. The maximum absolute atomic E-state index is 6.22. The molecule has 106 valence electrons. The van der Waals surface area contributed by atoms with Crippen LogP contribution in [0.5, 0.6) is 0 Å². The lowest BCUT2D eigenvalue weighted by Gasteiger charge is -2.27. The molecule has 0 aromatic heterocycles. The molecule has 1 heterocycles. The van der Waals surface area contributed by atoms with Crippen LogP contribution in [0.4, 0.5) is 0 Å². The average molecular weight is 301 g/mol. The molecule has 1 aromatic carbocycles. The number of nitrogens with zero attached hydrogens (tertiary/aromatic N) is 1. The molecule has 1 aromatic rings. The predicted octanol–water partition coefficient (Wildman–Crippen LogP) is 4.13. The number of likely N-dealkylation sites (tertiary alicyclic amines) is 1. The van der Waals surface area contributed by atoms with Crippen LogP contribution in [0.3, 0.4) is 0 Å². The van der Waals surface area contributed by atoms with Crippen LogP contribution in [-0.2, 0) is 0 Å². The van der Waals surface area contributed by atoms with Crippen LogP contribution in [0, 0.1) is 0 Å². The summed E-state index contributed by atoms with van der Waals surface area (Å²) in [6, 6.07) is 5.96. The van der Waals surface area contributed by atoms with Crippen molar-refractivity contribution in [2.75, 3.05) is 26.2 Å². The van der Waals surface area contributed by atoms with Gasteiger partial charge in [0.2, 0.25) is 0 Å². The topological polar surface area (TPSA) is 15.3 Å². The van der Waals surface area contributed by atoms with Gasteiger partial charge in [-0.2, -0.15) is 0 Å². The van der Waals surface area contributed by atoms with E-state index in [9.17, 15) is 0 Å². The van der Waals surface area contributed by atoms with Crippen LogP contribution in [0.15, 0.2) is 18.2 Å². The van der Waals surface area contributed by atoms with Gasteiger partial charge in [-0.05, 0) is 50.6 Å². The second-order valence-corrected chi connectivity index (χ2v) is 6.09. The molecule has 0 bridgehead atoms. The van der Waals surface area contributed by atoms with Crippen molar-refractivity contribution in [2.45, 2.75) is 32.2 Å². The molecule has 0 aliphatic carbocycles. The van der Waals surface area contributed by atoms with Gasteiger partial charge < -0.3 is 10.2 Å². The fourth-order valence-corrected chi connectivity index (χ4v) is 3.16. The van der Waals surface area contributed by atoms with Crippen molar-refractivity contribution in [3.63, 3.8) is 0 Å². The van der Waals surface area contributed by atoms with Gasteiger partial charge in [-0.1, -0.05) is 35.7 Å². The molecule has 1 unspecified atom stereocenters. The summed E-state index contributed by atoms with van der Waals surface area (Å²) in [6.07, 6.45) is 4.08. The van der Waals surface area contributed by atoms with E-state index >= 15 is 0 Å². The second kappa shape index (κ2) is 7.49. The van der Waals surface area contributed by atoms with Gasteiger partial charge >= 0.3 is 0 Å². The highest BCUT2D eigenvalue weighted by Crippen LogP contribution is 2.25. The maximum atomic E-state index is 6.22. The third-order valence-corrected chi connectivity index (χ3v) is 4.32. The highest BCUT2D eigenvalue weighted by atomic mass is 35.5. The van der Waals surface area contributed by atoms with Crippen LogP contribution < -0.4 is 5.32 Å². The van der Waals surface area contributed by atoms with Crippen LogP contribution in [-0.4, -0.2) is 31.1 Å². The quantitative estimate of drug-likeness (QED) is 0.879. The predicted molar refractivity (Wildman–Crippen MR) is 83.2 cm³/mol. The number of hydrogen-bond acceptors (Lipinski definition) is 2. The van der Waals surface area contributed by atoms with Gasteiger partial charge in [0.25, 0.3) is 0 Å². The van der Waals surface area contributed by atoms with Gasteiger partial charge in [-0.15, -0.1) is 0 Å². The standard InChI is InChI=1S/C15H22Cl2N2/c1-12(14-6-5-13(16)11-15(14)17)18-7-10-19-8-3-2-4-9-19/h5-6,11-12,18H,2-4,7-10H2,1H3. The summed E-state index contributed by atoms with van der Waals surface area (Å²) in [7, 11) is 0. The van der Waals surface area contributed by atoms with Crippen molar-refractivity contribution in [3.8, 4) is 0 Å². The minimum atomic E-state index is 0.259. The fraction of sp³-hybridized carbons (Fsp3) is 0.600. The molecule has 2 nitrogen and oxygen atoms in total. The number of rotatable bonds is 5. The number of nitrogens with one attached hydrogen (secondary N) is 1. The first kappa shape index (κ1) is 15.1. The Balaban J connectivity index is 1.78. The molecule has 1 saturated heterocycles. The van der Waals surface area contributed by atoms with Crippen molar-refractivity contribution in [1.82, 2.24) is 10.2 Å². The third-order valence-electron chi connectivity index (χ3n) is 3.76. The van der Waals surface area contributed by atoms with Crippen LogP contribution in [0.25, 0.3) is 0 Å². The fourth-order valence-electron chi connectivity index (χ4n) is 2.58. The molecule has 0 spiro atoms. The van der Waals surface area contributed by atoms with E-state index in [0.29, 0.717) is 5.02 Å². The molecule has 0 saturated carbocycles. The lowest BCUT2D eigenvalue weighted by Crippen LogP contribution is -2.36. The number of benzene rings is 1. The lowest BCUT2D eigenvalue weighted by atomic mass is 10.1. The van der Waals surface area contributed by atoms with E-state index in [1.165, 1.54) is 32.4 Å². The van der Waals surface area contributed by atoms with E-state index in [1.54, 1.807) is 6.07 Å². The Bertz CT molecular complexity index is 403. The van der Waals surface area contributed by atoms with Gasteiger partial charge in [0.05, 0.1) is 0 Å². The van der Waals surface area contributed by atoms with Crippen molar-refractivity contribution in [3.05, 3.63) is 33.8 Å². The first-order chi connectivity index (χ1) is 9.16. The summed E-state index contributed by atoms with van der Waals surface area (Å²) in [5.74, 6) is 0. The van der Waals surface area contributed by atoms with Gasteiger partial charge in [0, 0.05) is 29.2 Å². The first-order valence-electron chi connectivity index (χ1n) is 7.07. The molecular weight excluding hydrogens is 279 g/mol. The van der Waals surface area contributed by atoms with Crippen LogP contribution >= 0.6 is 23.2 Å². The molecule has 1 N–H and O–H groups in total. The zero-order valence-corrected chi connectivity index (χ0v) is 13.0. The second-order valence-electron chi connectivity index (χ2n) is 5.24. The maximum Gasteiger partial charge on any atom is 0.0468 e. The Labute approximate surface area is 126 Å². The number of halogens is 2. The van der Waals surface area contributed by atoms with Crippen LogP contribution in [0.2, 0.25) is 10.0 Å². The van der Waals surface area contributed by atoms with Crippen molar-refractivity contribution >= 4 is 23.2 Å². The Morgan fingerprint density at radius 1 is 1.21 bits per heavy atom. The highest BCUT2D eigenvalue weighted by Gasteiger charge is 2.12. The molecule has 1 atom stereocenters. The smallest absolute Gasteiger partial charge is 0.0468 e. The number of piperidine rings is 1. The van der Waals surface area contributed by atoms with Crippen molar-refractivity contribution in [2.24, 2.45) is 0 Å². The van der Waals surface area contributed by atoms with E-state index in [4.69, 9.17) is 23.2 Å². The Kier molecular flexibility index (Phi) is 5.96. The highest BCUT2D eigenvalue weighted by molar-refractivity contribution is 6.35. The summed E-state index contributed by atoms with van der Waals surface area (Å²) >= 11 is 12.1. The number of hydrogen-bond donors (Lipinski definition) is 1. The third kappa shape index (κ3) is 4.64. The van der Waals surface area contributed by atoms with E-state index in [-0.39, 0.29) is 6.04 Å². The normalized spacial score (nSPS) is 18.5. The summed E-state index contributed by atoms with van der Waals surface area (Å²) in [5, 5.41) is 4.97. The molecular formula is C15H22Cl2N2. The molecule has 1 fully saturated rings. The minimum absolute atomic E-state index is 0.259. The summed E-state index contributed by atoms with van der Waals surface area (Å²) in [5.41, 5.74) is 1.12. The van der Waals surface area contributed by atoms with Gasteiger partial charge in [-0.25, -0.2) is 0 Å². The van der Waals surface area contributed by atoms with Gasteiger partial charge in [0.1, 0.15) is 0 Å². The zero-order chi connectivity index (χ0) is 13.7. The van der Waals surface area contributed by atoms with Crippen molar-refractivity contribution < 1.29 is 0 Å².